The molecule has 1 rings (SSSR count). The number of carbonyl (C=O) groups excluding carboxylic acids is 2. The maximum Gasteiger partial charge on any atom is 0.308 e. The molecule has 0 bridgehead atoms. The molecular formula is C13H16O6S. The predicted molar refractivity (Wildman–Crippen MR) is 71.5 cm³/mol. The lowest BCUT2D eigenvalue weighted by Crippen LogP contribution is -2.10. The van der Waals surface area contributed by atoms with Gasteiger partial charge in [-0.25, -0.2) is 8.42 Å². The number of hydrogen-bond donors (Lipinski definition) is 0. The van der Waals surface area contributed by atoms with Crippen molar-refractivity contribution in [1.82, 2.24) is 0 Å². The van der Waals surface area contributed by atoms with E-state index in [0.717, 1.165) is 6.26 Å². The maximum absolute atomic E-state index is 11.8. The molecule has 0 spiro atoms. The van der Waals surface area contributed by atoms with Gasteiger partial charge in [0.05, 0.1) is 4.90 Å². The number of esters is 2. The second-order valence-electron chi connectivity index (χ2n) is 4.21. The van der Waals surface area contributed by atoms with E-state index in [1.807, 2.05) is 0 Å². The number of sulfone groups is 1. The monoisotopic (exact) mass is 300 g/mol. The van der Waals surface area contributed by atoms with Gasteiger partial charge in [0.2, 0.25) is 0 Å². The summed E-state index contributed by atoms with van der Waals surface area (Å²) < 4.78 is 33.5. The molecule has 0 saturated carbocycles. The molecule has 110 valence electrons. The zero-order chi connectivity index (χ0) is 15.5. The van der Waals surface area contributed by atoms with Gasteiger partial charge in [-0.05, 0) is 6.42 Å². The highest BCUT2D eigenvalue weighted by Crippen LogP contribution is 2.32. The molecule has 0 aliphatic carbocycles. The van der Waals surface area contributed by atoms with Crippen molar-refractivity contribution in [2.75, 3.05) is 6.26 Å². The van der Waals surface area contributed by atoms with Gasteiger partial charge in [-0.2, -0.15) is 0 Å². The largest absolute Gasteiger partial charge is 0.427 e. The average Bonchev–Trinajstić information content (AvgIpc) is 2.25. The van der Waals surface area contributed by atoms with Crippen LogP contribution in [0.15, 0.2) is 17.0 Å². The molecule has 0 unspecified atom stereocenters. The van der Waals surface area contributed by atoms with Crippen LogP contribution in [0.3, 0.4) is 0 Å². The Morgan fingerprint density at radius 1 is 1.10 bits per heavy atom. The quantitative estimate of drug-likeness (QED) is 0.618. The van der Waals surface area contributed by atoms with Crippen LogP contribution in [0.1, 0.15) is 26.3 Å². The Morgan fingerprint density at radius 3 is 2.05 bits per heavy atom. The van der Waals surface area contributed by atoms with E-state index in [4.69, 9.17) is 9.47 Å². The zero-order valence-corrected chi connectivity index (χ0v) is 12.5. The lowest BCUT2D eigenvalue weighted by molar-refractivity contribution is -0.132. The van der Waals surface area contributed by atoms with E-state index in [-0.39, 0.29) is 16.4 Å². The molecule has 0 heterocycles. The molecule has 20 heavy (non-hydrogen) atoms. The van der Waals surface area contributed by atoms with E-state index in [2.05, 4.69) is 0 Å². The predicted octanol–water partition coefficient (Wildman–Crippen LogP) is 1.50. The fourth-order valence-electron chi connectivity index (χ4n) is 1.75. The van der Waals surface area contributed by atoms with Crippen LogP contribution in [0, 0.1) is 0 Å². The number of hydrogen-bond acceptors (Lipinski definition) is 6. The van der Waals surface area contributed by atoms with Crippen LogP contribution in [-0.4, -0.2) is 26.6 Å². The van der Waals surface area contributed by atoms with Crippen LogP contribution in [0.4, 0.5) is 0 Å². The standard InChI is InChI=1S/C13H16O6S/c1-5-11-12(19-9(3)15)6-10(18-8(2)14)7-13(11)20(4,16)17/h6-7H,5H2,1-4H3. The molecule has 1 aromatic carbocycles. The Bertz CT molecular complexity index is 645. The van der Waals surface area contributed by atoms with Gasteiger partial charge in [0.15, 0.2) is 9.84 Å². The normalized spacial score (nSPS) is 11.0. The van der Waals surface area contributed by atoms with E-state index in [1.165, 1.54) is 26.0 Å². The minimum absolute atomic E-state index is 0.0185. The zero-order valence-electron chi connectivity index (χ0n) is 11.7. The Hall–Kier alpha value is -1.89. The van der Waals surface area contributed by atoms with Crippen molar-refractivity contribution >= 4 is 21.8 Å². The minimum Gasteiger partial charge on any atom is -0.427 e. The lowest BCUT2D eigenvalue weighted by Gasteiger charge is -2.14. The topological polar surface area (TPSA) is 86.7 Å². The molecule has 0 atom stereocenters. The summed E-state index contributed by atoms with van der Waals surface area (Å²) >= 11 is 0. The van der Waals surface area contributed by atoms with Crippen molar-refractivity contribution in [2.45, 2.75) is 32.1 Å². The van der Waals surface area contributed by atoms with Gasteiger partial charge in [0.1, 0.15) is 11.5 Å². The van der Waals surface area contributed by atoms with Crippen molar-refractivity contribution < 1.29 is 27.5 Å². The minimum atomic E-state index is -3.54. The van der Waals surface area contributed by atoms with Crippen molar-refractivity contribution in [2.24, 2.45) is 0 Å². The summed E-state index contributed by atoms with van der Waals surface area (Å²) in [5.74, 6) is -1.08. The lowest BCUT2D eigenvalue weighted by atomic mass is 10.1. The summed E-state index contributed by atoms with van der Waals surface area (Å²) in [5, 5.41) is 0. The highest BCUT2D eigenvalue weighted by atomic mass is 32.2. The second kappa shape index (κ2) is 6.04. The molecule has 0 aliphatic rings. The summed E-state index contributed by atoms with van der Waals surface area (Å²) in [6, 6.07) is 2.58. The molecule has 0 aromatic heterocycles. The molecule has 0 fully saturated rings. The number of carbonyl (C=O) groups is 2. The van der Waals surface area contributed by atoms with Crippen LogP contribution in [-0.2, 0) is 25.8 Å². The van der Waals surface area contributed by atoms with Gasteiger partial charge in [0, 0.05) is 37.8 Å². The molecule has 1 aromatic rings. The third-order valence-electron chi connectivity index (χ3n) is 2.41. The van der Waals surface area contributed by atoms with Gasteiger partial charge in [-0.3, -0.25) is 9.59 Å². The van der Waals surface area contributed by atoms with Crippen LogP contribution in [0.25, 0.3) is 0 Å². The second-order valence-corrected chi connectivity index (χ2v) is 6.20. The van der Waals surface area contributed by atoms with Crippen molar-refractivity contribution in [3.63, 3.8) is 0 Å². The van der Waals surface area contributed by atoms with Gasteiger partial charge in [-0.15, -0.1) is 0 Å². The van der Waals surface area contributed by atoms with Crippen LogP contribution in [0.5, 0.6) is 11.5 Å². The molecule has 6 nitrogen and oxygen atoms in total. The molecule has 0 amide bonds. The van der Waals surface area contributed by atoms with Gasteiger partial charge >= 0.3 is 11.9 Å². The Kier molecular flexibility index (Phi) is 4.88. The first-order chi connectivity index (χ1) is 9.15. The molecule has 0 saturated heterocycles. The molecule has 0 N–H and O–H groups in total. The van der Waals surface area contributed by atoms with Crippen molar-refractivity contribution in [3.8, 4) is 11.5 Å². The highest BCUT2D eigenvalue weighted by molar-refractivity contribution is 7.90. The third-order valence-corrected chi connectivity index (χ3v) is 3.57. The first-order valence-electron chi connectivity index (χ1n) is 5.89. The smallest absolute Gasteiger partial charge is 0.308 e. The number of benzene rings is 1. The van der Waals surface area contributed by atoms with Crippen LogP contribution >= 0.6 is 0 Å². The third kappa shape index (κ3) is 4.06. The van der Waals surface area contributed by atoms with Crippen LogP contribution in [0.2, 0.25) is 0 Å². The molecule has 0 aliphatic heterocycles. The van der Waals surface area contributed by atoms with E-state index >= 15 is 0 Å². The van der Waals surface area contributed by atoms with Gasteiger partial charge in [-0.1, -0.05) is 6.92 Å². The van der Waals surface area contributed by atoms with Gasteiger partial charge in [0.25, 0.3) is 0 Å². The summed E-state index contributed by atoms with van der Waals surface area (Å²) in [6.07, 6.45) is 1.39. The van der Waals surface area contributed by atoms with E-state index in [0.29, 0.717) is 12.0 Å². The Labute approximate surface area is 117 Å². The van der Waals surface area contributed by atoms with E-state index < -0.39 is 21.8 Å². The van der Waals surface area contributed by atoms with Crippen molar-refractivity contribution in [1.29, 1.82) is 0 Å². The molecular weight excluding hydrogens is 284 g/mol. The summed E-state index contributed by atoms with van der Waals surface area (Å²) in [4.78, 5) is 22.1. The van der Waals surface area contributed by atoms with Gasteiger partial charge < -0.3 is 9.47 Å². The van der Waals surface area contributed by atoms with Crippen LogP contribution < -0.4 is 9.47 Å². The summed E-state index contributed by atoms with van der Waals surface area (Å²) in [5.41, 5.74) is 0.374. The molecule has 7 heteroatoms. The first kappa shape index (κ1) is 16.2. The van der Waals surface area contributed by atoms with Crippen molar-refractivity contribution in [3.05, 3.63) is 17.7 Å². The van der Waals surface area contributed by atoms with E-state index in [9.17, 15) is 18.0 Å². The number of ether oxygens (including phenoxy) is 2. The van der Waals surface area contributed by atoms with E-state index in [1.54, 1.807) is 6.92 Å². The highest BCUT2D eigenvalue weighted by Gasteiger charge is 2.20. The Balaban J connectivity index is 3.55. The molecule has 0 radical (unpaired) electrons. The SMILES string of the molecule is CCc1c(OC(C)=O)cc(OC(C)=O)cc1S(C)(=O)=O. The fourth-order valence-corrected chi connectivity index (χ4v) is 2.77. The fraction of sp³-hybridized carbons (Fsp3) is 0.385. The first-order valence-corrected chi connectivity index (χ1v) is 7.78. The summed E-state index contributed by atoms with van der Waals surface area (Å²) in [7, 11) is -3.54. The Morgan fingerprint density at radius 2 is 1.65 bits per heavy atom. The summed E-state index contributed by atoms with van der Waals surface area (Å²) in [6.45, 7) is 4.14. The maximum atomic E-state index is 11.8. The average molecular weight is 300 g/mol. The number of rotatable bonds is 4.